The lowest BCUT2D eigenvalue weighted by molar-refractivity contribution is -0.134. The summed E-state index contributed by atoms with van der Waals surface area (Å²) in [6, 6.07) is 0. The van der Waals surface area contributed by atoms with Crippen molar-refractivity contribution < 1.29 is 22.4 Å². The summed E-state index contributed by atoms with van der Waals surface area (Å²) in [6.07, 6.45) is -4.22. The third-order valence-corrected chi connectivity index (χ3v) is 5.53. The number of alkyl halides is 4. The fourth-order valence-electron chi connectivity index (χ4n) is 3.44. The molecule has 0 spiro atoms. The molecule has 12 heteroatoms. The molecule has 0 atom stereocenters. The number of carbonyl (C=O) groups is 1. The van der Waals surface area contributed by atoms with Gasteiger partial charge in [0.25, 0.3) is 12.9 Å². The van der Waals surface area contributed by atoms with E-state index in [2.05, 4.69) is 15.1 Å². The first-order valence-electron chi connectivity index (χ1n) is 9.56. The lowest BCUT2D eigenvalue weighted by atomic mass is 10.2. The molecule has 0 aromatic carbocycles. The first-order chi connectivity index (χ1) is 14.2. The first-order valence-corrected chi connectivity index (χ1v) is 9.94. The number of amides is 1. The fourth-order valence-corrected chi connectivity index (χ4v) is 3.74. The third-order valence-electron chi connectivity index (χ3n) is 5.15. The summed E-state index contributed by atoms with van der Waals surface area (Å²) in [5.74, 6) is -0.466. The summed E-state index contributed by atoms with van der Waals surface area (Å²) in [7, 11) is 0. The largest absolute Gasteiger partial charge is 0.339 e. The Morgan fingerprint density at radius 1 is 1.13 bits per heavy atom. The lowest BCUT2D eigenvalue weighted by Gasteiger charge is -2.34. The van der Waals surface area contributed by atoms with E-state index in [9.17, 15) is 22.4 Å². The van der Waals surface area contributed by atoms with Crippen molar-refractivity contribution in [3.05, 3.63) is 33.9 Å². The zero-order chi connectivity index (χ0) is 22.0. The topological polar surface area (TPSA) is 59.2 Å². The van der Waals surface area contributed by atoms with E-state index in [0.717, 1.165) is 17.8 Å². The molecule has 2 aromatic rings. The zero-order valence-electron chi connectivity index (χ0n) is 16.7. The molecule has 0 aliphatic carbocycles. The van der Waals surface area contributed by atoms with Gasteiger partial charge in [-0.05, 0) is 13.8 Å². The molecule has 0 bridgehead atoms. The molecule has 0 unspecified atom stereocenters. The van der Waals surface area contributed by atoms with Crippen LogP contribution >= 0.6 is 11.6 Å². The molecule has 30 heavy (non-hydrogen) atoms. The highest BCUT2D eigenvalue weighted by Crippen LogP contribution is 2.34. The smallest absolute Gasteiger partial charge is 0.283 e. The van der Waals surface area contributed by atoms with Crippen LogP contribution in [0.5, 0.6) is 0 Å². The van der Waals surface area contributed by atoms with Crippen LogP contribution in [-0.2, 0) is 24.4 Å². The van der Waals surface area contributed by atoms with E-state index in [0.29, 0.717) is 37.4 Å². The van der Waals surface area contributed by atoms with Crippen LogP contribution in [0.4, 0.5) is 17.6 Å². The summed E-state index contributed by atoms with van der Waals surface area (Å²) < 4.78 is 54.8. The average Bonchev–Trinajstić information content (AvgIpc) is 3.21. The van der Waals surface area contributed by atoms with Gasteiger partial charge >= 0.3 is 0 Å². The van der Waals surface area contributed by atoms with Gasteiger partial charge in [-0.1, -0.05) is 11.6 Å². The molecular formula is C18H23ClF4N6O. The van der Waals surface area contributed by atoms with Crippen LogP contribution in [0, 0.1) is 6.92 Å². The third kappa shape index (κ3) is 4.77. The average molecular weight is 451 g/mol. The number of hydrogen-bond acceptors (Lipinski definition) is 4. The van der Waals surface area contributed by atoms with Gasteiger partial charge in [0, 0.05) is 51.0 Å². The van der Waals surface area contributed by atoms with Crippen LogP contribution in [0.15, 0.2) is 6.20 Å². The van der Waals surface area contributed by atoms with Crippen LogP contribution in [0.25, 0.3) is 0 Å². The number of piperazine rings is 1. The van der Waals surface area contributed by atoms with Gasteiger partial charge in [0.15, 0.2) is 0 Å². The fraction of sp³-hybridized carbons (Fsp3) is 0.611. The van der Waals surface area contributed by atoms with Gasteiger partial charge in [-0.25, -0.2) is 17.6 Å². The number of hydrogen-bond donors (Lipinski definition) is 0. The van der Waals surface area contributed by atoms with Gasteiger partial charge in [0.1, 0.15) is 17.9 Å². The summed E-state index contributed by atoms with van der Waals surface area (Å²) in [5.41, 5.74) is 0.277. The summed E-state index contributed by atoms with van der Waals surface area (Å²) in [6.45, 7) is 6.90. The van der Waals surface area contributed by atoms with E-state index in [1.165, 1.54) is 4.90 Å². The SMILES string of the molecule is CCn1cc(CN2CCN(C(=O)Cn3nc(C(F)F)c(Cl)c3C(F)F)CC2)c(C)n1. The van der Waals surface area contributed by atoms with Crippen LogP contribution in [-0.4, -0.2) is 61.4 Å². The number of aryl methyl sites for hydroxylation is 2. The Morgan fingerprint density at radius 3 is 2.33 bits per heavy atom. The lowest BCUT2D eigenvalue weighted by Crippen LogP contribution is -2.49. The molecule has 2 aromatic heterocycles. The van der Waals surface area contributed by atoms with Gasteiger partial charge in [-0.15, -0.1) is 0 Å². The van der Waals surface area contributed by atoms with E-state index >= 15 is 0 Å². The monoisotopic (exact) mass is 450 g/mol. The van der Waals surface area contributed by atoms with Gasteiger partial charge in [-0.3, -0.25) is 19.1 Å². The number of nitrogens with zero attached hydrogens (tertiary/aromatic N) is 6. The number of halogens is 5. The first kappa shape index (κ1) is 22.5. The highest BCUT2D eigenvalue weighted by atomic mass is 35.5. The maximum atomic E-state index is 13.2. The van der Waals surface area contributed by atoms with Gasteiger partial charge in [0.05, 0.1) is 10.7 Å². The Morgan fingerprint density at radius 2 is 1.80 bits per heavy atom. The molecule has 7 nitrogen and oxygen atoms in total. The van der Waals surface area contributed by atoms with Gasteiger partial charge < -0.3 is 4.90 Å². The summed E-state index contributed by atoms with van der Waals surface area (Å²) in [4.78, 5) is 16.2. The van der Waals surface area contributed by atoms with Crippen molar-refractivity contribution in [2.24, 2.45) is 0 Å². The van der Waals surface area contributed by atoms with Crippen LogP contribution in [0.1, 0.15) is 42.4 Å². The van der Waals surface area contributed by atoms with E-state index in [4.69, 9.17) is 11.6 Å². The van der Waals surface area contributed by atoms with Crippen molar-refractivity contribution in [3.8, 4) is 0 Å². The molecule has 166 valence electrons. The second kappa shape index (κ2) is 9.34. The number of carbonyl (C=O) groups excluding carboxylic acids is 1. The molecule has 1 fully saturated rings. The molecular weight excluding hydrogens is 428 g/mol. The van der Waals surface area contributed by atoms with Crippen molar-refractivity contribution in [3.63, 3.8) is 0 Å². The minimum atomic E-state index is -3.12. The van der Waals surface area contributed by atoms with Gasteiger partial charge in [-0.2, -0.15) is 10.2 Å². The minimum absolute atomic E-state index is 0.403. The highest BCUT2D eigenvalue weighted by Gasteiger charge is 2.30. The van der Waals surface area contributed by atoms with E-state index in [-0.39, 0.29) is 0 Å². The number of rotatable bonds is 7. The normalized spacial score (nSPS) is 15.6. The molecule has 0 saturated carbocycles. The zero-order valence-corrected chi connectivity index (χ0v) is 17.4. The standard InChI is InChI=1S/C18H23ClF4N6O/c1-3-28-9-12(11(2)24-28)8-26-4-6-27(7-5-26)13(30)10-29-16(18(22)23)14(19)15(25-29)17(20)21/h9,17-18H,3-8,10H2,1-2H3. The molecule has 0 N–H and O–H groups in total. The quantitative estimate of drug-likeness (QED) is 0.607. The van der Waals surface area contributed by atoms with Crippen molar-refractivity contribution in [2.75, 3.05) is 26.2 Å². The predicted molar refractivity (Wildman–Crippen MR) is 102 cm³/mol. The Kier molecular flexibility index (Phi) is 7.02. The van der Waals surface area contributed by atoms with Crippen molar-refractivity contribution in [1.29, 1.82) is 0 Å². The summed E-state index contributed by atoms with van der Waals surface area (Å²) in [5, 5.41) is 7.07. The Balaban J connectivity index is 1.60. The summed E-state index contributed by atoms with van der Waals surface area (Å²) >= 11 is 5.63. The molecule has 1 saturated heterocycles. The highest BCUT2D eigenvalue weighted by molar-refractivity contribution is 6.32. The molecule has 1 aliphatic rings. The minimum Gasteiger partial charge on any atom is -0.339 e. The number of aromatic nitrogens is 4. The maximum Gasteiger partial charge on any atom is 0.283 e. The van der Waals surface area contributed by atoms with Gasteiger partial charge in [0.2, 0.25) is 5.91 Å². The van der Waals surface area contributed by atoms with E-state index in [1.807, 2.05) is 24.7 Å². The molecule has 1 amide bonds. The van der Waals surface area contributed by atoms with Crippen LogP contribution in [0.3, 0.4) is 0 Å². The molecule has 3 rings (SSSR count). The van der Waals surface area contributed by atoms with Crippen molar-refractivity contribution in [2.45, 2.75) is 46.3 Å². The Bertz CT molecular complexity index is 892. The molecule has 0 radical (unpaired) electrons. The Labute approximate surface area is 176 Å². The second-order valence-corrected chi connectivity index (χ2v) is 7.47. The Hall–Kier alpha value is -2.14. The molecule has 1 aliphatic heterocycles. The molecule has 3 heterocycles. The van der Waals surface area contributed by atoms with Crippen LogP contribution in [0.2, 0.25) is 5.02 Å². The van der Waals surface area contributed by atoms with Crippen molar-refractivity contribution in [1.82, 2.24) is 29.4 Å². The van der Waals surface area contributed by atoms with E-state index < -0.39 is 41.7 Å². The predicted octanol–water partition coefficient (Wildman–Crippen LogP) is 3.28. The maximum absolute atomic E-state index is 13.2. The van der Waals surface area contributed by atoms with Crippen LogP contribution < -0.4 is 0 Å². The second-order valence-electron chi connectivity index (χ2n) is 7.10. The van der Waals surface area contributed by atoms with E-state index in [1.54, 1.807) is 0 Å². The van der Waals surface area contributed by atoms with Crippen molar-refractivity contribution >= 4 is 17.5 Å².